The Morgan fingerprint density at radius 1 is 1.29 bits per heavy atom. The number of fused-ring (bicyclic) bond motifs is 1. The van der Waals surface area contributed by atoms with Gasteiger partial charge in [0.15, 0.2) is 0 Å². The molecule has 0 saturated heterocycles. The molecule has 0 saturated carbocycles. The van der Waals surface area contributed by atoms with E-state index in [0.29, 0.717) is 17.4 Å². The molecular formula is C15H16N2O4. The number of aromatic carboxylic acids is 1. The first-order chi connectivity index (χ1) is 10.0. The predicted octanol–water partition coefficient (Wildman–Crippen LogP) is 1.23. The molecule has 6 nitrogen and oxygen atoms in total. The molecule has 0 atom stereocenters. The standard InChI is InChI=1S/C15H16N2O4/c1-2-7-16-13(18)9-17-12-6-4-3-5-10(12)11(15(20)21)8-14(17)19/h3-6,8H,2,7,9H2,1H3,(H,16,18)(H,20,21). The van der Waals surface area contributed by atoms with Crippen LogP contribution in [0.5, 0.6) is 0 Å². The summed E-state index contributed by atoms with van der Waals surface area (Å²) in [5, 5.41) is 12.3. The van der Waals surface area contributed by atoms with Crippen LogP contribution in [0.2, 0.25) is 0 Å². The maximum atomic E-state index is 12.1. The average Bonchev–Trinajstić information content (AvgIpc) is 2.47. The van der Waals surface area contributed by atoms with Crippen LogP contribution in [0.4, 0.5) is 0 Å². The van der Waals surface area contributed by atoms with E-state index in [1.54, 1.807) is 24.3 Å². The molecule has 2 aromatic rings. The topological polar surface area (TPSA) is 88.4 Å². The van der Waals surface area contributed by atoms with E-state index >= 15 is 0 Å². The lowest BCUT2D eigenvalue weighted by molar-refractivity contribution is -0.121. The van der Waals surface area contributed by atoms with Crippen molar-refractivity contribution in [1.82, 2.24) is 9.88 Å². The van der Waals surface area contributed by atoms with E-state index < -0.39 is 11.5 Å². The Kier molecular flexibility index (Phi) is 4.37. The van der Waals surface area contributed by atoms with Crippen LogP contribution in [0.25, 0.3) is 10.9 Å². The van der Waals surface area contributed by atoms with Crippen molar-refractivity contribution >= 4 is 22.8 Å². The number of nitrogens with zero attached hydrogens (tertiary/aromatic N) is 1. The minimum Gasteiger partial charge on any atom is -0.478 e. The van der Waals surface area contributed by atoms with Gasteiger partial charge in [-0.05, 0) is 12.5 Å². The Hall–Kier alpha value is -2.63. The molecule has 110 valence electrons. The van der Waals surface area contributed by atoms with Crippen LogP contribution in [-0.4, -0.2) is 28.1 Å². The van der Waals surface area contributed by atoms with E-state index in [1.807, 2.05) is 6.92 Å². The number of rotatable bonds is 5. The highest BCUT2D eigenvalue weighted by Gasteiger charge is 2.14. The Labute approximate surface area is 121 Å². The van der Waals surface area contributed by atoms with Gasteiger partial charge in [-0.1, -0.05) is 25.1 Å². The highest BCUT2D eigenvalue weighted by molar-refractivity contribution is 6.02. The number of nitrogens with one attached hydrogen (secondary N) is 1. The van der Waals surface area contributed by atoms with Gasteiger partial charge in [0.2, 0.25) is 5.91 Å². The Morgan fingerprint density at radius 3 is 2.67 bits per heavy atom. The van der Waals surface area contributed by atoms with Gasteiger partial charge in [0.1, 0.15) is 6.54 Å². The number of hydrogen-bond acceptors (Lipinski definition) is 3. The average molecular weight is 288 g/mol. The van der Waals surface area contributed by atoms with Crippen LogP contribution in [-0.2, 0) is 11.3 Å². The molecule has 0 radical (unpaired) electrons. The summed E-state index contributed by atoms with van der Waals surface area (Å²) in [6.45, 7) is 2.35. The Bertz CT molecular complexity index is 749. The number of carbonyl (C=O) groups is 2. The van der Waals surface area contributed by atoms with Gasteiger partial charge in [-0.15, -0.1) is 0 Å². The molecule has 6 heteroatoms. The van der Waals surface area contributed by atoms with Crippen LogP contribution in [0.1, 0.15) is 23.7 Å². The second kappa shape index (κ2) is 6.21. The van der Waals surface area contributed by atoms with E-state index in [9.17, 15) is 14.4 Å². The summed E-state index contributed by atoms with van der Waals surface area (Å²) in [7, 11) is 0. The number of hydrogen-bond donors (Lipinski definition) is 2. The van der Waals surface area contributed by atoms with E-state index in [1.165, 1.54) is 4.57 Å². The lowest BCUT2D eigenvalue weighted by Crippen LogP contribution is -2.33. The minimum atomic E-state index is -1.16. The number of aromatic nitrogens is 1. The zero-order valence-electron chi connectivity index (χ0n) is 11.6. The maximum absolute atomic E-state index is 12.1. The number of benzene rings is 1. The van der Waals surface area contributed by atoms with Crippen LogP contribution >= 0.6 is 0 Å². The van der Waals surface area contributed by atoms with Gasteiger partial charge in [0.25, 0.3) is 5.56 Å². The fraction of sp³-hybridized carbons (Fsp3) is 0.267. The highest BCUT2D eigenvalue weighted by Crippen LogP contribution is 2.16. The molecule has 0 aliphatic heterocycles. The van der Waals surface area contributed by atoms with Crippen molar-refractivity contribution < 1.29 is 14.7 Å². The monoisotopic (exact) mass is 288 g/mol. The highest BCUT2D eigenvalue weighted by atomic mass is 16.4. The second-order valence-electron chi connectivity index (χ2n) is 4.65. The molecule has 1 amide bonds. The smallest absolute Gasteiger partial charge is 0.336 e. The van der Waals surface area contributed by atoms with Crippen molar-refractivity contribution in [1.29, 1.82) is 0 Å². The summed E-state index contributed by atoms with van der Waals surface area (Å²) < 4.78 is 1.28. The van der Waals surface area contributed by atoms with Gasteiger partial charge in [-0.25, -0.2) is 4.79 Å². The molecule has 0 bridgehead atoms. The molecule has 2 N–H and O–H groups in total. The fourth-order valence-electron chi connectivity index (χ4n) is 2.14. The summed E-state index contributed by atoms with van der Waals surface area (Å²) in [4.78, 5) is 35.1. The number of carbonyl (C=O) groups excluding carboxylic acids is 1. The zero-order chi connectivity index (χ0) is 15.4. The normalized spacial score (nSPS) is 10.5. The van der Waals surface area contributed by atoms with Gasteiger partial charge >= 0.3 is 5.97 Å². The van der Waals surface area contributed by atoms with Crippen molar-refractivity contribution in [2.24, 2.45) is 0 Å². The number of carboxylic acids is 1. The van der Waals surface area contributed by atoms with Crippen LogP contribution < -0.4 is 10.9 Å². The largest absolute Gasteiger partial charge is 0.478 e. The van der Waals surface area contributed by atoms with E-state index in [-0.39, 0.29) is 18.0 Å². The van der Waals surface area contributed by atoms with Gasteiger partial charge < -0.3 is 10.4 Å². The maximum Gasteiger partial charge on any atom is 0.336 e. The molecule has 0 unspecified atom stereocenters. The quantitative estimate of drug-likeness (QED) is 0.866. The van der Waals surface area contributed by atoms with Gasteiger partial charge in [-0.2, -0.15) is 0 Å². The SMILES string of the molecule is CCCNC(=O)Cn1c(=O)cc(C(=O)O)c2ccccc21. The Balaban J connectivity index is 2.52. The Morgan fingerprint density at radius 2 is 2.00 bits per heavy atom. The molecule has 0 fully saturated rings. The molecule has 0 aliphatic rings. The van der Waals surface area contributed by atoms with Gasteiger partial charge in [-0.3, -0.25) is 14.2 Å². The molecule has 1 aromatic heterocycles. The van der Waals surface area contributed by atoms with Crippen LogP contribution in [0.15, 0.2) is 35.1 Å². The summed E-state index contributed by atoms with van der Waals surface area (Å²) in [5.41, 5.74) is -0.118. The lowest BCUT2D eigenvalue weighted by Gasteiger charge is -2.11. The first-order valence-corrected chi connectivity index (χ1v) is 6.67. The molecule has 1 aromatic carbocycles. The molecule has 2 rings (SSSR count). The third-order valence-electron chi connectivity index (χ3n) is 3.12. The zero-order valence-corrected chi connectivity index (χ0v) is 11.6. The van der Waals surface area contributed by atoms with Crippen molar-refractivity contribution in [3.05, 3.63) is 46.2 Å². The summed E-state index contributed by atoms with van der Waals surface area (Å²) >= 11 is 0. The fourth-order valence-corrected chi connectivity index (χ4v) is 2.14. The van der Waals surface area contributed by atoms with Crippen molar-refractivity contribution in [2.75, 3.05) is 6.54 Å². The third kappa shape index (κ3) is 3.10. The predicted molar refractivity (Wildman–Crippen MR) is 78.5 cm³/mol. The van der Waals surface area contributed by atoms with E-state index in [0.717, 1.165) is 12.5 Å². The number of pyridine rings is 1. The molecular weight excluding hydrogens is 272 g/mol. The number of carboxylic acid groups (broad SMARTS) is 1. The van der Waals surface area contributed by atoms with Crippen LogP contribution in [0, 0.1) is 0 Å². The van der Waals surface area contributed by atoms with E-state index in [2.05, 4.69) is 5.32 Å². The van der Waals surface area contributed by atoms with Crippen molar-refractivity contribution in [2.45, 2.75) is 19.9 Å². The van der Waals surface area contributed by atoms with Crippen molar-refractivity contribution in [3.63, 3.8) is 0 Å². The summed E-state index contributed by atoms with van der Waals surface area (Å²) in [6, 6.07) is 7.71. The second-order valence-corrected chi connectivity index (χ2v) is 4.65. The summed E-state index contributed by atoms with van der Waals surface area (Å²) in [5.74, 6) is -1.43. The van der Waals surface area contributed by atoms with Crippen LogP contribution in [0.3, 0.4) is 0 Å². The summed E-state index contributed by atoms with van der Waals surface area (Å²) in [6.07, 6.45) is 0.805. The molecule has 0 aliphatic carbocycles. The first kappa shape index (κ1) is 14.8. The first-order valence-electron chi connectivity index (χ1n) is 6.67. The number of amides is 1. The number of para-hydroxylation sites is 1. The van der Waals surface area contributed by atoms with Crippen molar-refractivity contribution in [3.8, 4) is 0 Å². The molecule has 1 heterocycles. The van der Waals surface area contributed by atoms with E-state index in [4.69, 9.17) is 5.11 Å². The van der Waals surface area contributed by atoms with Gasteiger partial charge in [0, 0.05) is 18.0 Å². The van der Waals surface area contributed by atoms with Gasteiger partial charge in [0.05, 0.1) is 11.1 Å². The molecule has 21 heavy (non-hydrogen) atoms. The lowest BCUT2D eigenvalue weighted by atomic mass is 10.1. The molecule has 0 spiro atoms. The third-order valence-corrected chi connectivity index (χ3v) is 3.12. The minimum absolute atomic E-state index is 0.0548.